The normalized spacial score (nSPS) is 7.69. The third kappa shape index (κ3) is 5.19. The van der Waals surface area contributed by atoms with Crippen molar-refractivity contribution in [2.45, 2.75) is 0 Å². The Morgan fingerprint density at radius 1 is 1.00 bits per heavy atom. The molecule has 0 heterocycles. The second-order valence-electron chi connectivity index (χ2n) is 2.30. The van der Waals surface area contributed by atoms with Crippen LogP contribution in [0.1, 0.15) is 10.4 Å². The van der Waals surface area contributed by atoms with Gasteiger partial charge in [-0.1, -0.05) is 5.56 Å². The number of hydrogen-bond acceptors (Lipinski definition) is 1. The molecule has 0 aliphatic heterocycles. The Morgan fingerprint density at radius 3 is 1.77 bits per heavy atom. The van der Waals surface area contributed by atoms with E-state index in [4.69, 9.17) is 0 Å². The molecule has 2 aromatic rings. The predicted molar refractivity (Wildman–Crippen MR) is 49.5 cm³/mol. The van der Waals surface area contributed by atoms with Gasteiger partial charge in [0, 0.05) is 0 Å². The Balaban J connectivity index is 0.000000215. The molecule has 66 valence electrons. The molecular formula is C11H10CrO. The van der Waals surface area contributed by atoms with Crippen molar-refractivity contribution in [3.8, 4) is 0 Å². The van der Waals surface area contributed by atoms with Gasteiger partial charge >= 0.3 is 17.4 Å². The van der Waals surface area contributed by atoms with E-state index in [0.717, 1.165) is 11.8 Å². The second kappa shape index (κ2) is 7.55. The Labute approximate surface area is 88.9 Å². The van der Waals surface area contributed by atoms with Crippen molar-refractivity contribution in [1.82, 2.24) is 0 Å². The van der Waals surface area contributed by atoms with E-state index >= 15 is 0 Å². The summed E-state index contributed by atoms with van der Waals surface area (Å²) >= 11 is 0. The first-order valence-corrected chi connectivity index (χ1v) is 3.77. The molecule has 0 saturated carbocycles. The van der Waals surface area contributed by atoms with Crippen molar-refractivity contribution < 1.29 is 22.2 Å². The summed E-state index contributed by atoms with van der Waals surface area (Å²) in [5.74, 6) is 0. The maximum absolute atomic E-state index is 9.87. The van der Waals surface area contributed by atoms with E-state index < -0.39 is 0 Å². The van der Waals surface area contributed by atoms with Crippen LogP contribution in [-0.4, -0.2) is 6.29 Å². The van der Waals surface area contributed by atoms with Crippen LogP contribution in [0.15, 0.2) is 54.6 Å². The SMILES string of the molecule is O=C[c-]1cccc1.[Cr+2].c1cc[cH-]c1. The molecule has 0 unspecified atom stereocenters. The molecule has 0 bridgehead atoms. The maximum atomic E-state index is 9.87. The van der Waals surface area contributed by atoms with Gasteiger partial charge in [-0.15, -0.1) is 0 Å². The fourth-order valence-corrected chi connectivity index (χ4v) is 0.788. The summed E-state index contributed by atoms with van der Waals surface area (Å²) in [7, 11) is 0. The molecule has 0 aromatic heterocycles. The van der Waals surface area contributed by atoms with Crippen molar-refractivity contribution in [1.29, 1.82) is 0 Å². The molecule has 0 atom stereocenters. The number of carbonyl (C=O) groups is 1. The molecule has 0 spiro atoms. The van der Waals surface area contributed by atoms with Crippen molar-refractivity contribution in [2.75, 3.05) is 0 Å². The van der Waals surface area contributed by atoms with Crippen molar-refractivity contribution >= 4 is 6.29 Å². The fourth-order valence-electron chi connectivity index (χ4n) is 0.788. The minimum atomic E-state index is 0. The van der Waals surface area contributed by atoms with Crippen LogP contribution >= 0.6 is 0 Å². The third-order valence-electron chi connectivity index (χ3n) is 1.38. The van der Waals surface area contributed by atoms with Gasteiger partial charge in [-0.2, -0.15) is 30.3 Å². The van der Waals surface area contributed by atoms with Gasteiger partial charge < -0.3 is 4.79 Å². The van der Waals surface area contributed by atoms with E-state index in [0.29, 0.717) is 0 Å². The van der Waals surface area contributed by atoms with Gasteiger partial charge in [0.25, 0.3) is 0 Å². The Hall–Kier alpha value is -1.10. The molecule has 2 heteroatoms. The van der Waals surface area contributed by atoms with Crippen LogP contribution in [0, 0.1) is 0 Å². The van der Waals surface area contributed by atoms with Gasteiger partial charge in [0.05, 0.1) is 6.29 Å². The van der Waals surface area contributed by atoms with E-state index in [-0.39, 0.29) is 17.4 Å². The van der Waals surface area contributed by atoms with E-state index in [1.165, 1.54) is 0 Å². The van der Waals surface area contributed by atoms with E-state index in [2.05, 4.69) is 0 Å². The predicted octanol–water partition coefficient (Wildman–Crippen LogP) is 2.62. The topological polar surface area (TPSA) is 17.1 Å². The molecule has 0 N–H and O–H groups in total. The zero-order valence-electron chi connectivity index (χ0n) is 7.09. The summed E-state index contributed by atoms with van der Waals surface area (Å²) in [4.78, 5) is 9.87. The molecule has 2 rings (SSSR count). The van der Waals surface area contributed by atoms with Crippen LogP contribution in [0.4, 0.5) is 0 Å². The van der Waals surface area contributed by atoms with Crippen molar-refractivity contribution in [3.05, 3.63) is 60.2 Å². The van der Waals surface area contributed by atoms with Crippen LogP contribution < -0.4 is 0 Å². The number of carbonyl (C=O) groups excluding carboxylic acids is 1. The molecular weight excluding hydrogens is 200 g/mol. The summed E-state index contributed by atoms with van der Waals surface area (Å²) in [6, 6.07) is 17.2. The second-order valence-corrected chi connectivity index (χ2v) is 2.30. The summed E-state index contributed by atoms with van der Waals surface area (Å²) < 4.78 is 0. The average molecular weight is 210 g/mol. The molecule has 0 saturated heterocycles. The molecule has 0 aliphatic carbocycles. The first-order valence-electron chi connectivity index (χ1n) is 3.77. The standard InChI is InChI=1S/C6H5O.C5H5.Cr/c7-5-6-3-1-2-4-6;1-2-4-5-3-1;/h1-5H;1-5H;/q2*-1;+2. The number of hydrogen-bond donors (Lipinski definition) is 0. The van der Waals surface area contributed by atoms with Crippen molar-refractivity contribution in [3.63, 3.8) is 0 Å². The van der Waals surface area contributed by atoms with E-state index in [1.807, 2.05) is 42.5 Å². The maximum Gasteiger partial charge on any atom is 2.00 e. The van der Waals surface area contributed by atoms with Gasteiger partial charge in [-0.05, 0) is 0 Å². The van der Waals surface area contributed by atoms with Gasteiger partial charge in [0.1, 0.15) is 0 Å². The fraction of sp³-hybridized carbons (Fsp3) is 0. The average Bonchev–Trinajstić information content (AvgIpc) is 2.81. The summed E-state index contributed by atoms with van der Waals surface area (Å²) in [5.41, 5.74) is 0.750. The number of rotatable bonds is 1. The first-order chi connectivity index (χ1) is 5.93. The molecule has 0 aliphatic rings. The molecule has 13 heavy (non-hydrogen) atoms. The zero-order valence-corrected chi connectivity index (χ0v) is 8.37. The molecule has 2 aromatic carbocycles. The Morgan fingerprint density at radius 2 is 1.54 bits per heavy atom. The first kappa shape index (κ1) is 11.9. The van der Waals surface area contributed by atoms with Crippen LogP contribution in [0.25, 0.3) is 0 Å². The van der Waals surface area contributed by atoms with Gasteiger partial charge in [0.2, 0.25) is 0 Å². The summed E-state index contributed by atoms with van der Waals surface area (Å²) in [6.07, 6.45) is 0.833. The Kier molecular flexibility index (Phi) is 6.91. The van der Waals surface area contributed by atoms with Crippen LogP contribution in [0.5, 0.6) is 0 Å². The molecule has 0 radical (unpaired) electrons. The largest absolute Gasteiger partial charge is 2.00 e. The minimum Gasteiger partial charge on any atom is -0.312 e. The van der Waals surface area contributed by atoms with Gasteiger partial charge in [0.15, 0.2) is 0 Å². The number of aldehydes is 1. The molecule has 1 nitrogen and oxygen atoms in total. The quantitative estimate of drug-likeness (QED) is 0.522. The van der Waals surface area contributed by atoms with Crippen LogP contribution in [0.3, 0.4) is 0 Å². The van der Waals surface area contributed by atoms with Gasteiger partial charge in [-0.25, -0.2) is 24.3 Å². The van der Waals surface area contributed by atoms with E-state index in [9.17, 15) is 4.79 Å². The Bertz CT molecular complexity index is 265. The van der Waals surface area contributed by atoms with Gasteiger partial charge in [-0.3, -0.25) is 0 Å². The van der Waals surface area contributed by atoms with E-state index in [1.54, 1.807) is 12.1 Å². The van der Waals surface area contributed by atoms with Crippen LogP contribution in [0.2, 0.25) is 0 Å². The van der Waals surface area contributed by atoms with Crippen LogP contribution in [-0.2, 0) is 17.4 Å². The minimum absolute atomic E-state index is 0. The summed E-state index contributed by atoms with van der Waals surface area (Å²) in [5, 5.41) is 0. The smallest absolute Gasteiger partial charge is 0.312 e. The monoisotopic (exact) mass is 210 g/mol. The zero-order chi connectivity index (χ0) is 8.65. The molecule has 0 amide bonds. The third-order valence-corrected chi connectivity index (χ3v) is 1.38. The van der Waals surface area contributed by atoms with Crippen molar-refractivity contribution in [2.24, 2.45) is 0 Å². The summed E-state index contributed by atoms with van der Waals surface area (Å²) in [6.45, 7) is 0. The molecule has 0 fully saturated rings.